The highest BCUT2D eigenvalue weighted by Crippen LogP contribution is 2.80. The molecule has 2 aromatic heterocycles. The van der Waals surface area contributed by atoms with Crippen LogP contribution in [-0.2, 0) is 18.1 Å². The van der Waals surface area contributed by atoms with Gasteiger partial charge < -0.3 is 15.6 Å². The smallest absolute Gasteiger partial charge is 0.383 e. The summed E-state index contributed by atoms with van der Waals surface area (Å²) in [4.78, 5) is 8.49. The molecule has 26 heavy (non-hydrogen) atoms. The van der Waals surface area contributed by atoms with Crippen molar-refractivity contribution < 1.29 is 13.2 Å². The molecule has 2 aliphatic heterocycles. The molecule has 7 rings (SSSR count). The lowest BCUT2D eigenvalue weighted by Crippen LogP contribution is -2.22. The zero-order chi connectivity index (χ0) is 17.8. The van der Waals surface area contributed by atoms with Crippen molar-refractivity contribution in [1.29, 1.82) is 0 Å². The van der Waals surface area contributed by atoms with Gasteiger partial charge in [-0.25, -0.2) is 9.97 Å². The predicted octanol–water partition coefficient (Wildman–Crippen LogP) is 2.43. The number of halogens is 3. The van der Waals surface area contributed by atoms with E-state index in [0.717, 1.165) is 24.9 Å². The van der Waals surface area contributed by atoms with Crippen LogP contribution in [0.4, 0.5) is 19.0 Å². The van der Waals surface area contributed by atoms with E-state index in [1.807, 2.05) is 6.20 Å². The number of hydrogen-bond donors (Lipinski definition) is 2. The number of piperidine rings is 1. The second-order valence-corrected chi connectivity index (χ2v) is 8.12. The summed E-state index contributed by atoms with van der Waals surface area (Å²) in [7, 11) is 0. The van der Waals surface area contributed by atoms with Crippen LogP contribution >= 0.6 is 0 Å². The monoisotopic (exact) mass is 361 g/mol. The van der Waals surface area contributed by atoms with Crippen LogP contribution in [-0.4, -0.2) is 27.1 Å². The number of aromatic nitrogens is 3. The molecule has 4 heterocycles. The van der Waals surface area contributed by atoms with Gasteiger partial charge in [0.15, 0.2) is 0 Å². The number of anilines is 1. The number of nitrogens with one attached hydrogen (secondary N) is 1. The molecule has 1 unspecified atom stereocenters. The lowest BCUT2D eigenvalue weighted by Gasteiger charge is -2.13. The molecule has 3 aliphatic carbocycles. The fourth-order valence-electron chi connectivity index (χ4n) is 5.05. The van der Waals surface area contributed by atoms with Crippen molar-refractivity contribution >= 4 is 5.82 Å². The summed E-state index contributed by atoms with van der Waals surface area (Å²) in [6.07, 6.45) is 2.14. The molecule has 4 atom stereocenters. The average molecular weight is 361 g/mol. The third-order valence-corrected chi connectivity index (χ3v) is 6.64. The first-order chi connectivity index (χ1) is 12.4. The number of imidazole rings is 1. The van der Waals surface area contributed by atoms with Crippen LogP contribution in [0, 0.1) is 17.8 Å². The molecule has 0 radical (unpaired) electrons. The zero-order valence-corrected chi connectivity index (χ0v) is 13.9. The minimum atomic E-state index is -4.52. The summed E-state index contributed by atoms with van der Waals surface area (Å²) < 4.78 is 41.8. The van der Waals surface area contributed by atoms with Gasteiger partial charge in [0.1, 0.15) is 11.6 Å². The van der Waals surface area contributed by atoms with Crippen molar-refractivity contribution in [3.63, 3.8) is 0 Å². The number of hydrogen-bond acceptors (Lipinski definition) is 4. The molecule has 0 spiro atoms. The minimum Gasteiger partial charge on any atom is -0.383 e. The molecule has 5 fully saturated rings. The average Bonchev–Trinajstić information content (AvgIpc) is 3.49. The normalized spacial score (nSPS) is 34.0. The standard InChI is InChI=1S/C18H18F3N5/c19-18(20,21)10-4-9(5-24-16(10)22)12-7-26(13(25-12)3-8-1-2-8)17-11-6-23-15(17)14(11)17/h4-5,7-8,11,14-15,23H,1-3,6H2,(H2,22,24)/t11-,14-,15?,17-/m1/s1. The fraction of sp³-hybridized carbons (Fsp3) is 0.556. The maximum Gasteiger partial charge on any atom is 0.419 e. The summed E-state index contributed by atoms with van der Waals surface area (Å²) in [6.45, 7) is 1.04. The van der Waals surface area contributed by atoms with Gasteiger partial charge in [-0.15, -0.1) is 0 Å². The molecule has 3 saturated carbocycles. The number of fused-ring (bicyclic) bond motifs is 1. The number of nitrogen functional groups attached to an aromatic ring is 1. The third-order valence-electron chi connectivity index (χ3n) is 6.64. The van der Waals surface area contributed by atoms with Crippen LogP contribution in [0.1, 0.15) is 24.2 Å². The van der Waals surface area contributed by atoms with E-state index < -0.39 is 17.6 Å². The summed E-state index contributed by atoms with van der Waals surface area (Å²) in [5.41, 5.74) is 5.60. The van der Waals surface area contributed by atoms with E-state index in [2.05, 4.69) is 14.9 Å². The first kappa shape index (κ1) is 15.0. The van der Waals surface area contributed by atoms with Crippen molar-refractivity contribution in [2.45, 2.75) is 37.0 Å². The van der Waals surface area contributed by atoms with Gasteiger partial charge in [0.05, 0.1) is 16.8 Å². The van der Waals surface area contributed by atoms with Crippen LogP contribution < -0.4 is 11.1 Å². The highest BCUT2D eigenvalue weighted by atomic mass is 19.4. The maximum absolute atomic E-state index is 13.2. The Labute approximate surface area is 147 Å². The highest BCUT2D eigenvalue weighted by molar-refractivity contribution is 5.63. The molecule has 5 aliphatic rings. The van der Waals surface area contributed by atoms with Crippen LogP contribution in [0.5, 0.6) is 0 Å². The molecule has 8 heteroatoms. The van der Waals surface area contributed by atoms with Crippen LogP contribution in [0.25, 0.3) is 11.3 Å². The molecule has 3 N–H and O–H groups in total. The van der Waals surface area contributed by atoms with Gasteiger partial charge in [-0.2, -0.15) is 13.2 Å². The third kappa shape index (κ3) is 1.80. The van der Waals surface area contributed by atoms with Crippen molar-refractivity contribution in [3.8, 4) is 11.3 Å². The van der Waals surface area contributed by atoms with E-state index in [1.54, 1.807) is 0 Å². The predicted molar refractivity (Wildman–Crippen MR) is 88.0 cm³/mol. The lowest BCUT2D eigenvalue weighted by molar-refractivity contribution is -0.137. The van der Waals surface area contributed by atoms with Gasteiger partial charge in [-0.3, -0.25) is 0 Å². The van der Waals surface area contributed by atoms with Gasteiger partial charge in [-0.05, 0) is 24.8 Å². The molecular weight excluding hydrogens is 343 g/mol. The van der Waals surface area contributed by atoms with Gasteiger partial charge >= 0.3 is 6.18 Å². The molecule has 2 saturated heterocycles. The Morgan fingerprint density at radius 3 is 2.77 bits per heavy atom. The molecule has 0 amide bonds. The quantitative estimate of drug-likeness (QED) is 0.878. The molecule has 2 aromatic rings. The minimum absolute atomic E-state index is 0.142. The molecular formula is C18H18F3N5. The maximum atomic E-state index is 13.2. The van der Waals surface area contributed by atoms with E-state index in [9.17, 15) is 13.2 Å². The number of nitrogens with two attached hydrogens (primary N) is 1. The SMILES string of the molecule is Nc1ncc(-c2cn([C@]34C5NC[C@@H]3[C@H]54)c(CC3CC3)n2)cc1C(F)(F)F. The summed E-state index contributed by atoms with van der Waals surface area (Å²) >= 11 is 0. The van der Waals surface area contributed by atoms with E-state index in [-0.39, 0.29) is 5.54 Å². The molecule has 136 valence electrons. The second kappa shape index (κ2) is 4.42. The van der Waals surface area contributed by atoms with Gasteiger partial charge in [0.25, 0.3) is 0 Å². The number of nitrogens with zero attached hydrogens (tertiary/aromatic N) is 3. The van der Waals surface area contributed by atoms with Crippen molar-refractivity contribution in [2.24, 2.45) is 17.8 Å². The van der Waals surface area contributed by atoms with Crippen molar-refractivity contribution in [1.82, 2.24) is 19.9 Å². The molecule has 2 bridgehead atoms. The summed E-state index contributed by atoms with van der Waals surface area (Å²) in [5.74, 6) is 2.51. The Morgan fingerprint density at radius 2 is 2.15 bits per heavy atom. The number of alkyl halides is 3. The Morgan fingerprint density at radius 1 is 1.35 bits per heavy atom. The fourth-order valence-corrected chi connectivity index (χ4v) is 5.05. The number of pyridine rings is 1. The molecule has 0 aromatic carbocycles. The van der Waals surface area contributed by atoms with Crippen LogP contribution in [0.15, 0.2) is 18.5 Å². The van der Waals surface area contributed by atoms with Crippen LogP contribution in [0.2, 0.25) is 0 Å². The largest absolute Gasteiger partial charge is 0.419 e. The first-order valence-corrected chi connectivity index (χ1v) is 9.06. The van der Waals surface area contributed by atoms with Gasteiger partial charge in [0.2, 0.25) is 0 Å². The topological polar surface area (TPSA) is 68.8 Å². The highest BCUT2D eigenvalue weighted by Gasteiger charge is 2.91. The van der Waals surface area contributed by atoms with E-state index >= 15 is 0 Å². The van der Waals surface area contributed by atoms with Crippen molar-refractivity contribution in [3.05, 3.63) is 29.8 Å². The number of rotatable bonds is 4. The Bertz CT molecular complexity index is 908. The Kier molecular flexibility index (Phi) is 2.55. The van der Waals surface area contributed by atoms with E-state index in [1.165, 1.54) is 19.0 Å². The Balaban J connectivity index is 1.43. The lowest BCUT2D eigenvalue weighted by atomic mass is 10.1. The van der Waals surface area contributed by atoms with E-state index in [0.29, 0.717) is 35.1 Å². The van der Waals surface area contributed by atoms with Crippen LogP contribution in [0.3, 0.4) is 0 Å². The van der Waals surface area contributed by atoms with E-state index in [4.69, 9.17) is 10.7 Å². The summed E-state index contributed by atoms with van der Waals surface area (Å²) in [5, 5.41) is 3.53. The second-order valence-electron chi connectivity index (χ2n) is 8.12. The van der Waals surface area contributed by atoms with Gasteiger partial charge in [-0.1, -0.05) is 0 Å². The Hall–Kier alpha value is -2.09. The van der Waals surface area contributed by atoms with Crippen molar-refractivity contribution in [2.75, 3.05) is 12.3 Å². The first-order valence-electron chi connectivity index (χ1n) is 9.06. The van der Waals surface area contributed by atoms with Gasteiger partial charge in [0, 0.05) is 48.8 Å². The summed E-state index contributed by atoms with van der Waals surface area (Å²) in [6, 6.07) is 1.58. The molecule has 5 nitrogen and oxygen atoms in total. The zero-order valence-electron chi connectivity index (χ0n) is 13.9.